The minimum absolute atomic E-state index is 0.151. The monoisotopic (exact) mass is 225 g/mol. The number of benzene rings is 1. The molecule has 0 radical (unpaired) electrons. The van der Waals surface area contributed by atoms with Crippen LogP contribution in [0.2, 0.25) is 0 Å². The van der Waals surface area contributed by atoms with Crippen molar-refractivity contribution in [3.63, 3.8) is 0 Å². The van der Waals surface area contributed by atoms with Crippen LogP contribution in [-0.4, -0.2) is 17.6 Å². The number of hydrogen-bond acceptors (Lipinski definition) is 2. The Morgan fingerprint density at radius 2 is 2.20 bits per heavy atom. The molecule has 0 bridgehead atoms. The van der Waals surface area contributed by atoms with Gasteiger partial charge in [0.15, 0.2) is 0 Å². The van der Waals surface area contributed by atoms with Gasteiger partial charge >= 0.3 is 0 Å². The summed E-state index contributed by atoms with van der Waals surface area (Å²) in [5.74, 6) is 0.325. The number of anilines is 1. The van der Waals surface area contributed by atoms with Gasteiger partial charge in [0.1, 0.15) is 5.84 Å². The first-order valence-corrected chi connectivity index (χ1v) is 4.92. The van der Waals surface area contributed by atoms with Gasteiger partial charge in [-0.05, 0) is 12.1 Å². The number of nitrogens with two attached hydrogens (primary N) is 1. The van der Waals surface area contributed by atoms with E-state index in [0.29, 0.717) is 17.2 Å². The quantitative estimate of drug-likeness (QED) is 0.469. The van der Waals surface area contributed by atoms with Crippen LogP contribution in [0.5, 0.6) is 0 Å². The second-order valence-corrected chi connectivity index (χ2v) is 3.20. The van der Waals surface area contributed by atoms with Crippen molar-refractivity contribution in [3.05, 3.63) is 24.3 Å². The Labute approximate surface area is 93.1 Å². The van der Waals surface area contributed by atoms with E-state index in [1.54, 1.807) is 18.2 Å². The average Bonchev–Trinajstić information content (AvgIpc) is 2.20. The number of nitrogens with zero attached hydrogens (tertiary/aromatic N) is 1. The number of amides is 1. The Kier molecular flexibility index (Phi) is 4.12. The predicted molar refractivity (Wildman–Crippen MR) is 62.7 cm³/mol. The molecule has 0 heterocycles. The highest BCUT2D eigenvalue weighted by Crippen LogP contribution is 2.23. The molecular formula is C10H12ClN3O. The van der Waals surface area contributed by atoms with E-state index in [9.17, 15) is 4.79 Å². The molecule has 0 fully saturated rings. The first kappa shape index (κ1) is 11.5. The summed E-state index contributed by atoms with van der Waals surface area (Å²) in [4.78, 5) is 15.0. The van der Waals surface area contributed by atoms with Gasteiger partial charge < -0.3 is 11.1 Å². The summed E-state index contributed by atoms with van der Waals surface area (Å²) < 4.78 is 0. The van der Waals surface area contributed by atoms with Gasteiger partial charge in [-0.15, -0.1) is 11.6 Å². The highest BCUT2D eigenvalue weighted by Gasteiger charge is 2.02. The fraction of sp³-hybridized carbons (Fsp3) is 0.200. The zero-order chi connectivity index (χ0) is 11.3. The maximum atomic E-state index is 10.9. The third-order valence-corrected chi connectivity index (χ3v) is 1.89. The van der Waals surface area contributed by atoms with Gasteiger partial charge in [-0.3, -0.25) is 4.79 Å². The number of hydrogen-bond donors (Lipinski definition) is 2. The second kappa shape index (κ2) is 5.36. The highest BCUT2D eigenvalue weighted by atomic mass is 35.5. The van der Waals surface area contributed by atoms with Crippen molar-refractivity contribution in [3.8, 4) is 0 Å². The molecule has 1 aromatic rings. The van der Waals surface area contributed by atoms with Gasteiger partial charge in [-0.25, -0.2) is 4.99 Å². The Morgan fingerprint density at radius 1 is 1.53 bits per heavy atom. The fourth-order valence-corrected chi connectivity index (χ4v) is 1.11. The molecule has 0 unspecified atom stereocenters. The van der Waals surface area contributed by atoms with Crippen molar-refractivity contribution in [1.29, 1.82) is 0 Å². The summed E-state index contributed by atoms with van der Waals surface area (Å²) in [6.07, 6.45) is 0. The summed E-state index contributed by atoms with van der Waals surface area (Å²) in [6, 6.07) is 7.12. The molecule has 0 aliphatic rings. The number of amidine groups is 1. The van der Waals surface area contributed by atoms with Crippen LogP contribution < -0.4 is 11.1 Å². The molecule has 0 atom stereocenters. The number of carbonyl (C=O) groups is 1. The van der Waals surface area contributed by atoms with Crippen molar-refractivity contribution in [2.45, 2.75) is 6.92 Å². The topological polar surface area (TPSA) is 67.5 Å². The normalized spacial score (nSPS) is 11.2. The maximum Gasteiger partial charge on any atom is 0.221 e. The molecule has 0 saturated carbocycles. The summed E-state index contributed by atoms with van der Waals surface area (Å²) in [6.45, 7) is 1.44. The standard InChI is InChI=1S/C10H12ClN3O/c1-7(15)13-8-4-2-3-5-9(8)14-10(12)6-11/h2-5H,6H2,1H3,(H2,12,14)(H,13,15). The van der Waals surface area contributed by atoms with Gasteiger partial charge in [-0.2, -0.15) is 0 Å². The van der Waals surface area contributed by atoms with E-state index in [1.165, 1.54) is 6.92 Å². The van der Waals surface area contributed by atoms with Crippen molar-refractivity contribution >= 4 is 34.7 Å². The highest BCUT2D eigenvalue weighted by molar-refractivity contribution is 6.28. The molecule has 3 N–H and O–H groups in total. The molecule has 1 amide bonds. The molecule has 1 rings (SSSR count). The number of alkyl halides is 1. The van der Waals surface area contributed by atoms with Gasteiger partial charge in [-0.1, -0.05) is 12.1 Å². The lowest BCUT2D eigenvalue weighted by Crippen LogP contribution is -2.13. The van der Waals surface area contributed by atoms with E-state index in [2.05, 4.69) is 10.3 Å². The van der Waals surface area contributed by atoms with E-state index in [-0.39, 0.29) is 11.8 Å². The average molecular weight is 226 g/mol. The SMILES string of the molecule is CC(=O)Nc1ccccc1N=C(N)CCl. The Hall–Kier alpha value is -1.55. The second-order valence-electron chi connectivity index (χ2n) is 2.94. The lowest BCUT2D eigenvalue weighted by molar-refractivity contribution is -0.114. The number of nitrogens with one attached hydrogen (secondary N) is 1. The van der Waals surface area contributed by atoms with Crippen LogP contribution >= 0.6 is 11.6 Å². The summed E-state index contributed by atoms with van der Waals surface area (Å²) in [5.41, 5.74) is 6.74. The number of carbonyl (C=O) groups excluding carboxylic acids is 1. The lowest BCUT2D eigenvalue weighted by Gasteiger charge is -2.05. The Morgan fingerprint density at radius 3 is 2.80 bits per heavy atom. The number of halogens is 1. The van der Waals surface area contributed by atoms with E-state index >= 15 is 0 Å². The molecule has 0 saturated heterocycles. The van der Waals surface area contributed by atoms with Gasteiger partial charge in [0.05, 0.1) is 17.3 Å². The van der Waals surface area contributed by atoms with Crippen LogP contribution in [0.1, 0.15) is 6.92 Å². The predicted octanol–water partition coefficient (Wildman–Crippen LogP) is 1.87. The molecule has 0 aliphatic heterocycles. The maximum absolute atomic E-state index is 10.9. The van der Waals surface area contributed by atoms with Gasteiger partial charge in [0.25, 0.3) is 0 Å². The number of aliphatic imine (C=N–C) groups is 1. The minimum Gasteiger partial charge on any atom is -0.386 e. The van der Waals surface area contributed by atoms with Crippen LogP contribution in [-0.2, 0) is 4.79 Å². The van der Waals surface area contributed by atoms with Crippen LogP contribution in [0.25, 0.3) is 0 Å². The molecule has 0 aliphatic carbocycles. The first-order chi connectivity index (χ1) is 7.13. The minimum atomic E-state index is -0.151. The third-order valence-electron chi connectivity index (χ3n) is 1.62. The third kappa shape index (κ3) is 3.59. The zero-order valence-electron chi connectivity index (χ0n) is 8.33. The van der Waals surface area contributed by atoms with Crippen LogP contribution in [0, 0.1) is 0 Å². The van der Waals surface area contributed by atoms with Gasteiger partial charge in [0.2, 0.25) is 5.91 Å². The summed E-state index contributed by atoms with van der Waals surface area (Å²) >= 11 is 5.52. The smallest absolute Gasteiger partial charge is 0.221 e. The summed E-state index contributed by atoms with van der Waals surface area (Å²) in [7, 11) is 0. The van der Waals surface area contributed by atoms with E-state index in [0.717, 1.165) is 0 Å². The van der Waals surface area contributed by atoms with Crippen molar-refractivity contribution in [2.24, 2.45) is 10.7 Å². The molecule has 4 nitrogen and oxygen atoms in total. The van der Waals surface area contributed by atoms with Crippen molar-refractivity contribution in [1.82, 2.24) is 0 Å². The first-order valence-electron chi connectivity index (χ1n) is 4.39. The molecule has 80 valence electrons. The summed E-state index contributed by atoms with van der Waals surface area (Å²) in [5, 5.41) is 2.66. The van der Waals surface area contributed by atoms with Gasteiger partial charge in [0, 0.05) is 6.92 Å². The van der Waals surface area contributed by atoms with E-state index < -0.39 is 0 Å². The fourth-order valence-electron chi connectivity index (χ4n) is 1.05. The molecule has 0 spiro atoms. The van der Waals surface area contributed by atoms with E-state index in [1.807, 2.05) is 6.07 Å². The van der Waals surface area contributed by atoms with Crippen LogP contribution in [0.3, 0.4) is 0 Å². The molecule has 15 heavy (non-hydrogen) atoms. The van der Waals surface area contributed by atoms with E-state index in [4.69, 9.17) is 17.3 Å². The Balaban J connectivity index is 3.01. The largest absolute Gasteiger partial charge is 0.386 e. The number of para-hydroxylation sites is 2. The van der Waals surface area contributed by atoms with Crippen molar-refractivity contribution in [2.75, 3.05) is 11.2 Å². The number of rotatable bonds is 3. The molecule has 5 heteroatoms. The molecular weight excluding hydrogens is 214 g/mol. The molecule has 0 aromatic heterocycles. The Bertz CT molecular complexity index is 390. The lowest BCUT2D eigenvalue weighted by atomic mass is 10.2. The zero-order valence-corrected chi connectivity index (χ0v) is 9.08. The van der Waals surface area contributed by atoms with Crippen LogP contribution in [0.15, 0.2) is 29.3 Å². The van der Waals surface area contributed by atoms with Crippen molar-refractivity contribution < 1.29 is 4.79 Å². The van der Waals surface area contributed by atoms with Crippen LogP contribution in [0.4, 0.5) is 11.4 Å². The molecule has 1 aromatic carbocycles.